The van der Waals surface area contributed by atoms with Crippen LogP contribution in [0.3, 0.4) is 0 Å². The Morgan fingerprint density at radius 3 is 2.65 bits per heavy atom. The summed E-state index contributed by atoms with van der Waals surface area (Å²) in [5.41, 5.74) is 0.309. The topological polar surface area (TPSA) is 41.9 Å². The molecular weight excluding hydrogens is 216 g/mol. The molecule has 0 radical (unpaired) electrons. The molecule has 92 valence electrons. The van der Waals surface area contributed by atoms with E-state index in [1.165, 1.54) is 7.11 Å². The number of ether oxygens (including phenoxy) is 1. The minimum Gasteiger partial charge on any atom is -0.481 e. The number of carbonyl (C=O) groups is 1. The minimum absolute atomic E-state index is 0.0674. The summed E-state index contributed by atoms with van der Waals surface area (Å²) in [4.78, 5) is 17.8. The van der Waals surface area contributed by atoms with Gasteiger partial charge in [0.1, 0.15) is 0 Å². The third kappa shape index (κ3) is 3.33. The Morgan fingerprint density at radius 2 is 2.12 bits per heavy atom. The van der Waals surface area contributed by atoms with Gasteiger partial charge in [-0.15, -0.1) is 0 Å². The van der Waals surface area contributed by atoms with E-state index in [4.69, 9.17) is 4.74 Å². The Morgan fingerprint density at radius 1 is 1.47 bits per heavy atom. The third-order valence-corrected chi connectivity index (χ3v) is 2.56. The van der Waals surface area contributed by atoms with E-state index >= 15 is 0 Å². The van der Waals surface area contributed by atoms with Gasteiger partial charge in [-0.2, -0.15) is 4.99 Å². The number of rotatable bonds is 2. The van der Waals surface area contributed by atoms with Gasteiger partial charge >= 0.3 is 0 Å². The Hall–Kier alpha value is -1.80. The molecule has 0 aromatic rings. The van der Waals surface area contributed by atoms with Crippen LogP contribution in [0, 0.1) is 0 Å². The van der Waals surface area contributed by atoms with Crippen LogP contribution in [0.4, 0.5) is 0 Å². The van der Waals surface area contributed by atoms with Gasteiger partial charge in [-0.1, -0.05) is 0 Å². The van der Waals surface area contributed by atoms with Gasteiger partial charge in [-0.05, 0) is 32.7 Å². The van der Waals surface area contributed by atoms with Crippen LogP contribution in [-0.2, 0) is 9.53 Å². The molecule has 17 heavy (non-hydrogen) atoms. The lowest BCUT2D eigenvalue weighted by atomic mass is 10.0. The first-order chi connectivity index (χ1) is 7.86. The average Bonchev–Trinajstić information content (AvgIpc) is 2.50. The van der Waals surface area contributed by atoms with Crippen LogP contribution in [0.2, 0.25) is 0 Å². The molecule has 0 N–H and O–H groups in total. The quantitative estimate of drug-likeness (QED) is 0.732. The summed E-state index contributed by atoms with van der Waals surface area (Å²) in [7, 11) is 3.29. The van der Waals surface area contributed by atoms with Gasteiger partial charge in [-0.3, -0.25) is 4.79 Å². The van der Waals surface area contributed by atoms with E-state index in [9.17, 15) is 4.79 Å². The number of amides is 1. The second-order valence-electron chi connectivity index (χ2n) is 4.75. The summed E-state index contributed by atoms with van der Waals surface area (Å²) in [5.74, 6) is 2.98. The maximum absolute atomic E-state index is 12.2. The van der Waals surface area contributed by atoms with Crippen molar-refractivity contribution in [3.8, 4) is 0 Å². The Balaban J connectivity index is 2.99. The molecule has 0 atom stereocenters. The molecule has 0 fully saturated rings. The highest BCUT2D eigenvalue weighted by atomic mass is 16.5. The van der Waals surface area contributed by atoms with Gasteiger partial charge in [0.15, 0.2) is 0 Å². The van der Waals surface area contributed by atoms with Gasteiger partial charge in [-0.25, -0.2) is 0 Å². The van der Waals surface area contributed by atoms with Crippen LogP contribution in [0.5, 0.6) is 0 Å². The summed E-state index contributed by atoms with van der Waals surface area (Å²) < 4.78 is 5.02. The SMILES string of the molecule is COC1=CC(C(=O)N(C)C(C)(C)C)=CC=C=N1. The van der Waals surface area contributed by atoms with Gasteiger partial charge in [0, 0.05) is 30.3 Å². The molecule has 0 aliphatic carbocycles. The van der Waals surface area contributed by atoms with Crippen molar-refractivity contribution in [2.75, 3.05) is 14.2 Å². The maximum Gasteiger partial charge on any atom is 0.254 e. The number of hydrogen-bond donors (Lipinski definition) is 0. The van der Waals surface area contributed by atoms with Gasteiger partial charge in [0.25, 0.3) is 5.91 Å². The lowest BCUT2D eigenvalue weighted by Crippen LogP contribution is -2.43. The van der Waals surface area contributed by atoms with E-state index in [0.29, 0.717) is 11.5 Å². The molecule has 1 amide bonds. The number of likely N-dealkylation sites (N-methyl/N-ethyl adjacent to an activating group) is 1. The predicted molar refractivity (Wildman–Crippen MR) is 67.7 cm³/mol. The van der Waals surface area contributed by atoms with Crippen LogP contribution in [0.1, 0.15) is 20.8 Å². The first kappa shape index (κ1) is 13.3. The monoisotopic (exact) mass is 234 g/mol. The third-order valence-electron chi connectivity index (χ3n) is 2.56. The van der Waals surface area contributed by atoms with Crippen molar-refractivity contribution in [2.24, 2.45) is 4.99 Å². The number of aliphatic imine (C=N–C) groups is 1. The molecule has 1 aliphatic heterocycles. The van der Waals surface area contributed by atoms with E-state index < -0.39 is 0 Å². The largest absolute Gasteiger partial charge is 0.481 e. The lowest BCUT2D eigenvalue weighted by Gasteiger charge is -2.32. The molecule has 4 heteroatoms. The number of methoxy groups -OCH3 is 1. The highest BCUT2D eigenvalue weighted by molar-refractivity contribution is 5.97. The van der Waals surface area contributed by atoms with Crippen LogP contribution >= 0.6 is 0 Å². The molecule has 0 bridgehead atoms. The van der Waals surface area contributed by atoms with E-state index in [1.54, 1.807) is 30.2 Å². The van der Waals surface area contributed by atoms with Crippen LogP contribution in [-0.4, -0.2) is 36.4 Å². The molecule has 0 aromatic heterocycles. The number of hydrogen-bond acceptors (Lipinski definition) is 3. The fraction of sp³-hybridized carbons (Fsp3) is 0.462. The van der Waals surface area contributed by atoms with Crippen molar-refractivity contribution in [3.05, 3.63) is 29.7 Å². The van der Waals surface area contributed by atoms with Crippen molar-refractivity contribution in [1.29, 1.82) is 0 Å². The van der Waals surface area contributed by atoms with E-state index in [1.807, 2.05) is 20.8 Å². The zero-order valence-electron chi connectivity index (χ0n) is 10.9. The van der Waals surface area contributed by atoms with Crippen molar-refractivity contribution < 1.29 is 9.53 Å². The standard InChI is InChI=1S/C13H18N2O2/c1-13(2,3)15(4)12(16)10-7-6-8-14-11(9-10)17-5/h6-7,9H,1-5H3. The lowest BCUT2D eigenvalue weighted by molar-refractivity contribution is -0.129. The Labute approximate surface area is 102 Å². The zero-order chi connectivity index (χ0) is 13.1. The molecule has 0 unspecified atom stereocenters. The zero-order valence-corrected chi connectivity index (χ0v) is 10.9. The van der Waals surface area contributed by atoms with Crippen molar-refractivity contribution in [1.82, 2.24) is 4.90 Å². The summed E-state index contributed by atoms with van der Waals surface area (Å²) in [6.45, 7) is 5.94. The fourth-order valence-corrected chi connectivity index (χ4v) is 1.18. The fourth-order valence-electron chi connectivity index (χ4n) is 1.18. The molecule has 0 saturated carbocycles. The van der Waals surface area contributed by atoms with E-state index in [2.05, 4.69) is 10.9 Å². The normalized spacial score (nSPS) is 14.9. The highest BCUT2D eigenvalue weighted by Crippen LogP contribution is 2.16. The highest BCUT2D eigenvalue weighted by Gasteiger charge is 2.24. The summed E-state index contributed by atoms with van der Waals surface area (Å²) >= 11 is 0. The molecule has 0 aromatic carbocycles. The number of carbonyl (C=O) groups excluding carboxylic acids is 1. The molecule has 1 aliphatic rings. The van der Waals surface area contributed by atoms with E-state index in [-0.39, 0.29) is 11.4 Å². The number of allylic oxidation sites excluding steroid dienone is 2. The maximum atomic E-state index is 12.2. The molecule has 1 rings (SSSR count). The second kappa shape index (κ2) is 5.02. The molecular formula is C13H18N2O2. The summed E-state index contributed by atoms with van der Waals surface area (Å²) in [5, 5.41) is 0. The Kier molecular flexibility index (Phi) is 3.92. The van der Waals surface area contributed by atoms with Crippen molar-refractivity contribution in [2.45, 2.75) is 26.3 Å². The van der Waals surface area contributed by atoms with E-state index in [0.717, 1.165) is 0 Å². The molecule has 0 saturated heterocycles. The van der Waals surface area contributed by atoms with Crippen LogP contribution in [0.15, 0.2) is 34.7 Å². The van der Waals surface area contributed by atoms with Crippen molar-refractivity contribution >= 4 is 11.8 Å². The predicted octanol–water partition coefficient (Wildman–Crippen LogP) is 1.90. The minimum atomic E-state index is -0.226. The average molecular weight is 234 g/mol. The first-order valence-electron chi connectivity index (χ1n) is 5.40. The van der Waals surface area contributed by atoms with Gasteiger partial charge in [0.2, 0.25) is 5.88 Å². The smallest absolute Gasteiger partial charge is 0.254 e. The van der Waals surface area contributed by atoms with Crippen LogP contribution in [0.25, 0.3) is 0 Å². The molecule has 4 nitrogen and oxygen atoms in total. The van der Waals surface area contributed by atoms with Gasteiger partial charge < -0.3 is 9.64 Å². The molecule has 1 heterocycles. The van der Waals surface area contributed by atoms with Gasteiger partial charge in [0.05, 0.1) is 7.11 Å². The summed E-state index contributed by atoms with van der Waals surface area (Å²) in [6, 6.07) is 0. The molecule has 0 spiro atoms. The second-order valence-corrected chi connectivity index (χ2v) is 4.75. The Bertz CT molecular complexity index is 433. The van der Waals surface area contributed by atoms with Crippen LogP contribution < -0.4 is 0 Å². The summed E-state index contributed by atoms with van der Waals surface area (Å²) in [6.07, 6.45) is 4.90. The van der Waals surface area contributed by atoms with Crippen molar-refractivity contribution in [3.63, 3.8) is 0 Å². The first-order valence-corrected chi connectivity index (χ1v) is 5.40. The number of nitrogens with zero attached hydrogens (tertiary/aromatic N) is 2.